The van der Waals surface area contributed by atoms with Crippen LogP contribution in [0, 0.1) is 6.92 Å². The van der Waals surface area contributed by atoms with Gasteiger partial charge in [0.15, 0.2) is 16.6 Å². The molecule has 1 aromatic heterocycles. The highest BCUT2D eigenvalue weighted by atomic mass is 32.1. The topological polar surface area (TPSA) is 52.6 Å². The monoisotopic (exact) mass is 354 g/mol. The highest BCUT2D eigenvalue weighted by molar-refractivity contribution is 7.16. The van der Waals surface area contributed by atoms with Gasteiger partial charge in [0.25, 0.3) is 0 Å². The zero-order chi connectivity index (χ0) is 17.2. The van der Waals surface area contributed by atoms with Crippen LogP contribution in [0.25, 0.3) is 11.3 Å². The Balaban J connectivity index is 1.57. The number of thiazole rings is 1. The van der Waals surface area contributed by atoms with Crippen LogP contribution >= 0.6 is 11.3 Å². The molecule has 1 N–H and O–H groups in total. The first kappa shape index (κ1) is 15.8. The Morgan fingerprint density at radius 1 is 1.04 bits per heavy atom. The van der Waals surface area contributed by atoms with Gasteiger partial charge < -0.3 is 19.5 Å². The molecule has 0 fully saturated rings. The van der Waals surface area contributed by atoms with Gasteiger partial charge in [-0.3, -0.25) is 0 Å². The van der Waals surface area contributed by atoms with Crippen LogP contribution in [-0.4, -0.2) is 25.3 Å². The summed E-state index contributed by atoms with van der Waals surface area (Å²) >= 11 is 1.63. The fraction of sp³-hybridized carbons (Fsp3) is 0.211. The zero-order valence-corrected chi connectivity index (χ0v) is 14.9. The van der Waals surface area contributed by atoms with Gasteiger partial charge in [0.1, 0.15) is 19.0 Å². The second-order valence-corrected chi connectivity index (χ2v) is 6.84. The van der Waals surface area contributed by atoms with Crippen molar-refractivity contribution in [2.45, 2.75) is 6.92 Å². The summed E-state index contributed by atoms with van der Waals surface area (Å²) in [6.07, 6.45) is 0. The van der Waals surface area contributed by atoms with E-state index in [1.165, 1.54) is 0 Å². The van der Waals surface area contributed by atoms with Crippen molar-refractivity contribution in [3.05, 3.63) is 47.3 Å². The van der Waals surface area contributed by atoms with Gasteiger partial charge >= 0.3 is 0 Å². The highest BCUT2D eigenvalue weighted by Gasteiger charge is 2.14. The lowest BCUT2D eigenvalue weighted by atomic mass is 10.1. The van der Waals surface area contributed by atoms with Crippen LogP contribution in [0.15, 0.2) is 42.5 Å². The van der Waals surface area contributed by atoms with E-state index < -0.39 is 0 Å². The lowest BCUT2D eigenvalue weighted by Gasteiger charge is -2.18. The van der Waals surface area contributed by atoms with E-state index in [-0.39, 0.29) is 0 Å². The second kappa shape index (κ2) is 6.64. The van der Waals surface area contributed by atoms with Crippen molar-refractivity contribution in [3.8, 4) is 28.5 Å². The Labute approximate surface area is 150 Å². The van der Waals surface area contributed by atoms with Gasteiger partial charge in [-0.05, 0) is 43.3 Å². The van der Waals surface area contributed by atoms with Crippen LogP contribution in [0.2, 0.25) is 0 Å². The van der Waals surface area contributed by atoms with E-state index in [9.17, 15) is 0 Å². The van der Waals surface area contributed by atoms with Gasteiger partial charge in [-0.2, -0.15) is 0 Å². The molecule has 0 radical (unpaired) electrons. The summed E-state index contributed by atoms with van der Waals surface area (Å²) in [5, 5.41) is 4.20. The number of methoxy groups -OCH3 is 1. The molecule has 5 nitrogen and oxygen atoms in total. The van der Waals surface area contributed by atoms with Crippen LogP contribution in [0.5, 0.6) is 17.2 Å². The first-order valence-corrected chi connectivity index (χ1v) is 8.83. The molecule has 2 heterocycles. The largest absolute Gasteiger partial charge is 0.497 e. The average Bonchev–Trinajstić information content (AvgIpc) is 3.02. The molecule has 2 aromatic carbocycles. The van der Waals surface area contributed by atoms with Crippen LogP contribution in [0.4, 0.5) is 10.8 Å². The van der Waals surface area contributed by atoms with E-state index in [0.717, 1.165) is 44.2 Å². The highest BCUT2D eigenvalue weighted by Crippen LogP contribution is 2.36. The van der Waals surface area contributed by atoms with Gasteiger partial charge in [-0.1, -0.05) is 0 Å². The fourth-order valence-corrected chi connectivity index (χ4v) is 3.57. The van der Waals surface area contributed by atoms with Gasteiger partial charge in [-0.15, -0.1) is 11.3 Å². The molecule has 0 atom stereocenters. The predicted molar refractivity (Wildman–Crippen MR) is 99.6 cm³/mol. The molecule has 0 unspecified atom stereocenters. The number of benzene rings is 2. The van der Waals surface area contributed by atoms with E-state index in [2.05, 4.69) is 12.2 Å². The summed E-state index contributed by atoms with van der Waals surface area (Å²) in [7, 11) is 1.67. The van der Waals surface area contributed by atoms with Crippen molar-refractivity contribution >= 4 is 22.2 Å². The summed E-state index contributed by atoms with van der Waals surface area (Å²) in [6, 6.07) is 13.8. The Bertz CT molecular complexity index is 890. The molecule has 0 aliphatic carbocycles. The summed E-state index contributed by atoms with van der Waals surface area (Å²) in [5.74, 6) is 2.39. The molecule has 6 heteroatoms. The van der Waals surface area contributed by atoms with Gasteiger partial charge in [-0.25, -0.2) is 4.98 Å². The van der Waals surface area contributed by atoms with Gasteiger partial charge in [0.2, 0.25) is 0 Å². The van der Waals surface area contributed by atoms with E-state index in [4.69, 9.17) is 19.2 Å². The molecule has 0 spiro atoms. The minimum absolute atomic E-state index is 0.578. The molecule has 3 aromatic rings. The molecule has 4 rings (SSSR count). The van der Waals surface area contributed by atoms with Crippen LogP contribution in [0.3, 0.4) is 0 Å². The van der Waals surface area contributed by atoms with Crippen molar-refractivity contribution in [1.82, 2.24) is 4.98 Å². The van der Waals surface area contributed by atoms with Crippen LogP contribution in [-0.2, 0) is 0 Å². The first-order chi connectivity index (χ1) is 12.2. The quantitative estimate of drug-likeness (QED) is 0.739. The summed E-state index contributed by atoms with van der Waals surface area (Å²) in [5.41, 5.74) is 2.98. The maximum absolute atomic E-state index is 5.63. The third-order valence-electron chi connectivity index (χ3n) is 3.95. The molecular formula is C19H18N2O3S. The first-order valence-electron chi connectivity index (χ1n) is 8.01. The number of ether oxygens (including phenoxy) is 3. The molecule has 128 valence electrons. The lowest BCUT2D eigenvalue weighted by Crippen LogP contribution is -2.15. The van der Waals surface area contributed by atoms with Crippen molar-refractivity contribution in [2.24, 2.45) is 0 Å². The molecule has 0 amide bonds. The number of aromatic nitrogens is 1. The lowest BCUT2D eigenvalue weighted by molar-refractivity contribution is 0.171. The standard InChI is InChI=1S/C19H18N2O3S/c1-12-18(13-3-6-15(22-2)7-4-13)21-19(25-12)20-14-5-8-16-17(11-14)24-10-9-23-16/h3-8,11H,9-10H2,1-2H3,(H,20,21). The normalized spacial score (nSPS) is 12.7. The van der Waals surface area contributed by atoms with Crippen molar-refractivity contribution in [2.75, 3.05) is 25.6 Å². The maximum atomic E-state index is 5.63. The van der Waals surface area contributed by atoms with E-state index in [1.807, 2.05) is 42.5 Å². The molecule has 0 bridgehead atoms. The van der Waals surface area contributed by atoms with Gasteiger partial charge in [0.05, 0.1) is 12.8 Å². The molecule has 0 saturated carbocycles. The van der Waals surface area contributed by atoms with Crippen molar-refractivity contribution < 1.29 is 14.2 Å². The number of fused-ring (bicyclic) bond motifs is 1. The third kappa shape index (κ3) is 3.25. The van der Waals surface area contributed by atoms with Crippen molar-refractivity contribution in [1.29, 1.82) is 0 Å². The van der Waals surface area contributed by atoms with E-state index >= 15 is 0 Å². The molecule has 1 aliphatic heterocycles. The Morgan fingerprint density at radius 3 is 2.56 bits per heavy atom. The SMILES string of the molecule is COc1ccc(-c2nc(Nc3ccc4c(c3)OCCO4)sc2C)cc1. The smallest absolute Gasteiger partial charge is 0.187 e. The molecule has 25 heavy (non-hydrogen) atoms. The van der Waals surface area contributed by atoms with Crippen LogP contribution < -0.4 is 19.5 Å². The minimum atomic E-state index is 0.578. The number of hydrogen-bond acceptors (Lipinski definition) is 6. The number of nitrogens with zero attached hydrogens (tertiary/aromatic N) is 1. The molecule has 0 saturated heterocycles. The van der Waals surface area contributed by atoms with Crippen molar-refractivity contribution in [3.63, 3.8) is 0 Å². The minimum Gasteiger partial charge on any atom is -0.497 e. The van der Waals surface area contributed by atoms with E-state index in [0.29, 0.717) is 13.2 Å². The number of nitrogens with one attached hydrogen (secondary N) is 1. The number of anilines is 2. The predicted octanol–water partition coefficient (Wildman–Crippen LogP) is 4.64. The molecule has 1 aliphatic rings. The summed E-state index contributed by atoms with van der Waals surface area (Å²) in [6.45, 7) is 3.25. The third-order valence-corrected chi connectivity index (χ3v) is 4.84. The number of rotatable bonds is 4. The number of hydrogen-bond donors (Lipinski definition) is 1. The number of aryl methyl sites for hydroxylation is 1. The zero-order valence-electron chi connectivity index (χ0n) is 14.0. The summed E-state index contributed by atoms with van der Waals surface area (Å²) < 4.78 is 16.4. The fourth-order valence-electron chi connectivity index (χ4n) is 2.71. The Hall–Kier alpha value is -2.73. The second-order valence-electron chi connectivity index (χ2n) is 5.64. The van der Waals surface area contributed by atoms with Gasteiger partial charge in [0, 0.05) is 22.2 Å². The summed E-state index contributed by atoms with van der Waals surface area (Å²) in [4.78, 5) is 5.90. The molecular weight excluding hydrogens is 336 g/mol. The Kier molecular flexibility index (Phi) is 4.19. The average molecular weight is 354 g/mol. The maximum Gasteiger partial charge on any atom is 0.187 e. The Morgan fingerprint density at radius 2 is 1.80 bits per heavy atom. The van der Waals surface area contributed by atoms with Crippen LogP contribution in [0.1, 0.15) is 4.88 Å². The van der Waals surface area contributed by atoms with E-state index in [1.54, 1.807) is 18.4 Å².